The summed E-state index contributed by atoms with van der Waals surface area (Å²) in [7, 11) is 0. The van der Waals surface area contributed by atoms with E-state index >= 15 is 0 Å². The number of aliphatic carboxylic acids is 1. The number of hydrogen-bond donors (Lipinski definition) is 3. The molecule has 5 nitrogen and oxygen atoms in total. The molecule has 0 spiro atoms. The molecule has 0 aromatic rings. The van der Waals surface area contributed by atoms with E-state index in [-0.39, 0.29) is 11.9 Å². The van der Waals surface area contributed by atoms with Crippen molar-refractivity contribution in [3.05, 3.63) is 0 Å². The Labute approximate surface area is 113 Å². The zero-order chi connectivity index (χ0) is 13.7. The van der Waals surface area contributed by atoms with Gasteiger partial charge in [0.25, 0.3) is 0 Å². The molecule has 0 aromatic heterocycles. The molecule has 2 amide bonds. The highest BCUT2D eigenvalue weighted by atomic mass is 16.4. The van der Waals surface area contributed by atoms with Gasteiger partial charge in [0.2, 0.25) is 0 Å². The summed E-state index contributed by atoms with van der Waals surface area (Å²) in [5.41, 5.74) is 0. The maximum absolute atomic E-state index is 11.9. The number of amides is 2. The molecule has 3 aliphatic carbocycles. The number of hydrogen-bond acceptors (Lipinski definition) is 2. The van der Waals surface area contributed by atoms with Gasteiger partial charge in [0.05, 0.1) is 0 Å². The van der Waals surface area contributed by atoms with Gasteiger partial charge >= 0.3 is 12.0 Å². The maximum Gasteiger partial charge on any atom is 0.326 e. The molecule has 0 heterocycles. The Hall–Kier alpha value is -1.26. The zero-order valence-electron chi connectivity index (χ0n) is 11.4. The minimum Gasteiger partial charge on any atom is -0.480 e. The van der Waals surface area contributed by atoms with Crippen molar-refractivity contribution in [2.45, 2.75) is 45.2 Å². The Morgan fingerprint density at radius 3 is 2.21 bits per heavy atom. The predicted octanol–water partition coefficient (Wildman–Crippen LogP) is 1.44. The first-order valence-corrected chi connectivity index (χ1v) is 7.29. The molecule has 3 N–H and O–H groups in total. The molecule has 3 fully saturated rings. The summed E-state index contributed by atoms with van der Waals surface area (Å²) in [6.45, 7) is 3.59. The van der Waals surface area contributed by atoms with Gasteiger partial charge in [-0.1, -0.05) is 13.8 Å². The fourth-order valence-electron chi connectivity index (χ4n) is 4.37. The van der Waals surface area contributed by atoms with Crippen LogP contribution < -0.4 is 10.6 Å². The van der Waals surface area contributed by atoms with Crippen LogP contribution in [0, 0.1) is 29.6 Å². The lowest BCUT2D eigenvalue weighted by Crippen LogP contribution is -2.49. The molecule has 0 saturated heterocycles. The summed E-state index contributed by atoms with van der Waals surface area (Å²) in [5, 5.41) is 14.6. The van der Waals surface area contributed by atoms with Gasteiger partial charge in [-0.05, 0) is 48.9 Å². The normalized spacial score (nSPS) is 39.8. The van der Waals surface area contributed by atoms with Crippen LogP contribution in [0.2, 0.25) is 0 Å². The highest BCUT2D eigenvalue weighted by molar-refractivity contribution is 5.83. The Balaban J connectivity index is 1.52. The summed E-state index contributed by atoms with van der Waals surface area (Å²) in [6, 6.07) is -0.830. The fourth-order valence-corrected chi connectivity index (χ4v) is 4.37. The van der Waals surface area contributed by atoms with Gasteiger partial charge in [-0.15, -0.1) is 0 Å². The van der Waals surface area contributed by atoms with Crippen LogP contribution in [-0.4, -0.2) is 29.2 Å². The fraction of sp³-hybridized carbons (Fsp3) is 0.857. The van der Waals surface area contributed by atoms with Crippen molar-refractivity contribution in [2.24, 2.45) is 29.6 Å². The smallest absolute Gasteiger partial charge is 0.326 e. The van der Waals surface area contributed by atoms with Gasteiger partial charge in [-0.25, -0.2) is 9.59 Å². The van der Waals surface area contributed by atoms with Crippen molar-refractivity contribution in [3.8, 4) is 0 Å². The first-order valence-electron chi connectivity index (χ1n) is 7.29. The second-order valence-electron chi connectivity index (χ2n) is 6.69. The van der Waals surface area contributed by atoms with Gasteiger partial charge in [0.1, 0.15) is 6.04 Å². The Bertz CT molecular complexity index is 393. The molecule has 5 heteroatoms. The Morgan fingerprint density at radius 2 is 1.74 bits per heavy atom. The molecule has 106 valence electrons. The molecular weight excluding hydrogens is 244 g/mol. The van der Waals surface area contributed by atoms with Crippen molar-refractivity contribution in [1.29, 1.82) is 0 Å². The molecule has 2 bridgehead atoms. The quantitative estimate of drug-likeness (QED) is 0.720. The minimum absolute atomic E-state index is 0.113. The molecule has 0 aromatic carbocycles. The van der Waals surface area contributed by atoms with E-state index in [4.69, 9.17) is 5.11 Å². The van der Waals surface area contributed by atoms with Gasteiger partial charge in [0.15, 0.2) is 0 Å². The van der Waals surface area contributed by atoms with E-state index in [0.29, 0.717) is 17.9 Å². The van der Waals surface area contributed by atoms with Gasteiger partial charge in [-0.2, -0.15) is 0 Å². The maximum atomic E-state index is 11.9. The van der Waals surface area contributed by atoms with Crippen molar-refractivity contribution in [3.63, 3.8) is 0 Å². The lowest BCUT2D eigenvalue weighted by molar-refractivity contribution is -0.140. The topological polar surface area (TPSA) is 78.4 Å². The van der Waals surface area contributed by atoms with E-state index in [1.54, 1.807) is 13.8 Å². The summed E-state index contributed by atoms with van der Waals surface area (Å²) in [5.74, 6) is 1.87. The first-order chi connectivity index (χ1) is 8.99. The second-order valence-corrected chi connectivity index (χ2v) is 6.69. The largest absolute Gasteiger partial charge is 0.480 e. The molecule has 3 aliphatic rings. The number of fused-ring (bicyclic) bond motifs is 5. The van der Waals surface area contributed by atoms with E-state index in [1.807, 2.05) is 0 Å². The predicted molar refractivity (Wildman–Crippen MR) is 69.5 cm³/mol. The summed E-state index contributed by atoms with van der Waals surface area (Å²) >= 11 is 0. The second kappa shape index (κ2) is 4.39. The van der Waals surface area contributed by atoms with Crippen LogP contribution in [0.1, 0.15) is 33.1 Å². The molecule has 0 radical (unpaired) electrons. The number of carbonyl (C=O) groups excluding carboxylic acids is 1. The third kappa shape index (κ3) is 2.09. The van der Waals surface area contributed by atoms with Crippen molar-refractivity contribution < 1.29 is 14.7 Å². The number of carboxylic acid groups (broad SMARTS) is 1. The van der Waals surface area contributed by atoms with Crippen LogP contribution in [-0.2, 0) is 4.79 Å². The van der Waals surface area contributed by atoms with Gasteiger partial charge < -0.3 is 15.7 Å². The SMILES string of the molecule is CC(C)[C@@H](NC(=O)NC1C2C3CCC(C3)C12)C(=O)O. The van der Waals surface area contributed by atoms with E-state index in [9.17, 15) is 9.59 Å². The van der Waals surface area contributed by atoms with Crippen LogP contribution in [0.5, 0.6) is 0 Å². The molecule has 3 saturated carbocycles. The minimum atomic E-state index is -0.971. The molecule has 3 rings (SSSR count). The van der Waals surface area contributed by atoms with Crippen LogP contribution in [0.3, 0.4) is 0 Å². The lowest BCUT2D eigenvalue weighted by atomic mass is 10.0. The van der Waals surface area contributed by atoms with Crippen molar-refractivity contribution in [1.82, 2.24) is 10.6 Å². The molecule has 0 aliphatic heterocycles. The molecule has 19 heavy (non-hydrogen) atoms. The highest BCUT2D eigenvalue weighted by Gasteiger charge is 2.65. The Morgan fingerprint density at radius 1 is 1.16 bits per heavy atom. The number of nitrogens with one attached hydrogen (secondary N) is 2. The molecular formula is C14H22N2O3. The van der Waals surface area contributed by atoms with Crippen molar-refractivity contribution in [2.75, 3.05) is 0 Å². The van der Waals surface area contributed by atoms with E-state index in [0.717, 1.165) is 11.8 Å². The number of urea groups is 1. The summed E-state index contributed by atoms with van der Waals surface area (Å²) in [4.78, 5) is 22.9. The van der Waals surface area contributed by atoms with E-state index in [2.05, 4.69) is 10.6 Å². The number of rotatable bonds is 4. The average molecular weight is 266 g/mol. The van der Waals surface area contributed by atoms with Gasteiger partial charge in [0, 0.05) is 6.04 Å². The van der Waals surface area contributed by atoms with Crippen LogP contribution in [0.4, 0.5) is 4.79 Å². The lowest BCUT2D eigenvalue weighted by Gasteiger charge is -2.19. The Kier molecular flexibility index (Phi) is 2.95. The third-order valence-corrected chi connectivity index (χ3v) is 5.25. The summed E-state index contributed by atoms with van der Waals surface area (Å²) in [6.07, 6.45) is 3.98. The van der Waals surface area contributed by atoms with E-state index in [1.165, 1.54) is 19.3 Å². The van der Waals surface area contributed by atoms with Crippen LogP contribution >= 0.6 is 0 Å². The van der Waals surface area contributed by atoms with Crippen molar-refractivity contribution >= 4 is 12.0 Å². The van der Waals surface area contributed by atoms with Gasteiger partial charge in [-0.3, -0.25) is 0 Å². The third-order valence-electron chi connectivity index (χ3n) is 5.25. The molecule has 5 atom stereocenters. The standard InChI is InChI=1S/C14H22N2O3/c1-6(2)11(13(17)18)15-14(19)16-12-9-7-3-4-8(5-7)10(9)12/h6-12H,3-5H2,1-2H3,(H,17,18)(H2,15,16,19)/t7?,8?,9?,10?,11-,12?/m1/s1. The highest BCUT2D eigenvalue weighted by Crippen LogP contribution is 2.65. The number of carboxylic acids is 1. The van der Waals surface area contributed by atoms with Crippen LogP contribution in [0.25, 0.3) is 0 Å². The first kappa shape index (κ1) is 12.8. The van der Waals surface area contributed by atoms with E-state index < -0.39 is 12.0 Å². The number of carbonyl (C=O) groups is 2. The average Bonchev–Trinajstić information content (AvgIpc) is 2.72. The molecule has 4 unspecified atom stereocenters. The summed E-state index contributed by atoms with van der Waals surface area (Å²) < 4.78 is 0. The van der Waals surface area contributed by atoms with Crippen LogP contribution in [0.15, 0.2) is 0 Å². The monoisotopic (exact) mass is 266 g/mol. The zero-order valence-corrected chi connectivity index (χ0v) is 11.4.